The quantitative estimate of drug-likeness (QED) is 0.215. The highest BCUT2D eigenvalue weighted by Gasteiger charge is 2.08. The average Bonchev–Trinajstić information content (AvgIpc) is 2.98. The van der Waals surface area contributed by atoms with Crippen LogP contribution >= 0.6 is 11.5 Å². The van der Waals surface area contributed by atoms with Crippen molar-refractivity contribution < 1.29 is 21.7 Å². The smallest absolute Gasteiger partial charge is 0.378 e. The largest absolute Gasteiger partial charge is 0.726 e. The summed E-state index contributed by atoms with van der Waals surface area (Å²) >= 11 is 1.26. The van der Waals surface area contributed by atoms with Gasteiger partial charge in [0.2, 0.25) is 16.7 Å². The molecule has 136 valence electrons. The summed E-state index contributed by atoms with van der Waals surface area (Å²) in [5.41, 5.74) is 1.68. The first kappa shape index (κ1) is 19.4. The Labute approximate surface area is 150 Å². The minimum absolute atomic E-state index is 0.125. The fourth-order valence-corrected chi connectivity index (χ4v) is 2.92. The zero-order chi connectivity index (χ0) is 18.3. The summed E-state index contributed by atoms with van der Waals surface area (Å²) in [7, 11) is -2.77. The Morgan fingerprint density at radius 2 is 2.04 bits per heavy atom. The lowest BCUT2D eigenvalue weighted by molar-refractivity contribution is -0.656. The van der Waals surface area contributed by atoms with Crippen LogP contribution in [0.15, 0.2) is 40.8 Å². The van der Waals surface area contributed by atoms with Crippen LogP contribution in [-0.2, 0) is 21.6 Å². The fourth-order valence-electron chi connectivity index (χ4n) is 2.06. The van der Waals surface area contributed by atoms with Gasteiger partial charge in [0.1, 0.15) is 17.2 Å². The normalized spacial score (nSPS) is 12.0. The molecule has 0 aliphatic carbocycles. The van der Waals surface area contributed by atoms with Gasteiger partial charge < -0.3 is 9.45 Å². The summed E-state index contributed by atoms with van der Waals surface area (Å²) in [5, 5.41) is 9.02. The van der Waals surface area contributed by atoms with Crippen molar-refractivity contribution in [2.75, 3.05) is 24.6 Å². The SMILES string of the molecule is CCN(CCCOS(=O)(=O)[O-])c1ccc(N=Nc2snc[n+]2C)cc1. The monoisotopic (exact) mass is 385 g/mol. The van der Waals surface area contributed by atoms with Gasteiger partial charge >= 0.3 is 5.13 Å². The molecule has 0 N–H and O–H groups in total. The van der Waals surface area contributed by atoms with Gasteiger partial charge in [0, 0.05) is 23.9 Å². The first-order valence-electron chi connectivity index (χ1n) is 7.56. The number of hydrogen-bond donors (Lipinski definition) is 0. The lowest BCUT2D eigenvalue weighted by atomic mass is 10.2. The van der Waals surface area contributed by atoms with Crippen LogP contribution in [0.2, 0.25) is 0 Å². The van der Waals surface area contributed by atoms with Gasteiger partial charge in [-0.2, -0.15) is 0 Å². The Hall–Kier alpha value is -1.95. The first-order valence-corrected chi connectivity index (χ1v) is 9.67. The predicted molar refractivity (Wildman–Crippen MR) is 92.1 cm³/mol. The molecule has 11 heteroatoms. The second-order valence-electron chi connectivity index (χ2n) is 5.09. The standard InChI is InChI=1S/C14H19N5O4S2/c1-3-19(9-4-10-23-25(20,21)22)13-7-5-12(6-8-13)16-17-14-18(2)11-15-24-14/h5-8,11H,3-4,9-10H2,1-2H3. The van der Waals surface area contributed by atoms with E-state index in [1.165, 1.54) is 11.5 Å². The second-order valence-corrected chi connectivity index (χ2v) is 6.90. The predicted octanol–water partition coefficient (Wildman–Crippen LogP) is 2.08. The van der Waals surface area contributed by atoms with Crippen molar-refractivity contribution in [3.63, 3.8) is 0 Å². The van der Waals surface area contributed by atoms with Gasteiger partial charge in [-0.15, -0.1) is 0 Å². The van der Waals surface area contributed by atoms with E-state index in [2.05, 4.69) is 18.8 Å². The maximum Gasteiger partial charge on any atom is 0.378 e. The summed E-state index contributed by atoms with van der Waals surface area (Å²) in [6.45, 7) is 3.17. The van der Waals surface area contributed by atoms with Gasteiger partial charge in [0.15, 0.2) is 0 Å². The molecule has 0 unspecified atom stereocenters. The molecular weight excluding hydrogens is 366 g/mol. The summed E-state index contributed by atoms with van der Waals surface area (Å²) in [6, 6.07) is 7.52. The molecule has 0 radical (unpaired) electrons. The lowest BCUT2D eigenvalue weighted by Gasteiger charge is -2.23. The van der Waals surface area contributed by atoms with Crippen LogP contribution in [0.5, 0.6) is 0 Å². The molecule has 0 aliphatic rings. The van der Waals surface area contributed by atoms with Crippen LogP contribution in [-0.4, -0.2) is 37.0 Å². The van der Waals surface area contributed by atoms with Gasteiger partial charge in [-0.25, -0.2) is 13.0 Å². The van der Waals surface area contributed by atoms with E-state index in [1.807, 2.05) is 43.1 Å². The Balaban J connectivity index is 1.92. The zero-order valence-electron chi connectivity index (χ0n) is 13.9. The van der Waals surface area contributed by atoms with Gasteiger partial charge in [-0.3, -0.25) is 4.18 Å². The zero-order valence-corrected chi connectivity index (χ0v) is 15.5. The van der Waals surface area contributed by atoms with Crippen LogP contribution in [0.3, 0.4) is 0 Å². The minimum Gasteiger partial charge on any atom is -0.726 e. The van der Waals surface area contributed by atoms with Gasteiger partial charge in [-0.1, -0.05) is 5.11 Å². The van der Waals surface area contributed by atoms with E-state index in [9.17, 15) is 13.0 Å². The third-order valence-corrected chi connectivity index (χ3v) is 4.49. The molecule has 9 nitrogen and oxygen atoms in total. The molecule has 1 aromatic carbocycles. The van der Waals surface area contributed by atoms with Crippen molar-refractivity contribution in [1.82, 2.24) is 4.37 Å². The van der Waals surface area contributed by atoms with Crippen molar-refractivity contribution in [2.45, 2.75) is 13.3 Å². The summed E-state index contributed by atoms with van der Waals surface area (Å²) in [4.78, 5) is 2.05. The summed E-state index contributed by atoms with van der Waals surface area (Å²) in [5.74, 6) is 0. The molecule has 0 amide bonds. The Morgan fingerprint density at radius 1 is 1.32 bits per heavy atom. The molecule has 0 aliphatic heterocycles. The number of azo groups is 1. The molecule has 0 saturated heterocycles. The fraction of sp³-hybridized carbons (Fsp3) is 0.429. The average molecular weight is 385 g/mol. The molecule has 0 atom stereocenters. The third-order valence-electron chi connectivity index (χ3n) is 3.30. The van der Waals surface area contributed by atoms with Crippen molar-refractivity contribution in [1.29, 1.82) is 0 Å². The number of nitrogens with zero attached hydrogens (tertiary/aromatic N) is 5. The number of hydrogen-bond acceptors (Lipinski definition) is 9. The molecule has 0 saturated carbocycles. The van der Waals surface area contributed by atoms with E-state index in [1.54, 1.807) is 10.9 Å². The van der Waals surface area contributed by atoms with Crippen LogP contribution < -0.4 is 9.47 Å². The van der Waals surface area contributed by atoms with Crippen molar-refractivity contribution in [3.05, 3.63) is 30.6 Å². The van der Waals surface area contributed by atoms with Crippen molar-refractivity contribution >= 4 is 38.4 Å². The van der Waals surface area contributed by atoms with E-state index in [-0.39, 0.29) is 6.61 Å². The number of aryl methyl sites for hydroxylation is 1. The maximum absolute atomic E-state index is 10.4. The second kappa shape index (κ2) is 8.94. The number of aromatic nitrogens is 2. The topological polar surface area (TPSA) is 111 Å². The lowest BCUT2D eigenvalue weighted by Crippen LogP contribution is -2.25. The molecule has 2 rings (SSSR count). The Morgan fingerprint density at radius 3 is 2.60 bits per heavy atom. The highest BCUT2D eigenvalue weighted by molar-refractivity contribution is 7.80. The molecule has 0 fully saturated rings. The summed E-state index contributed by atoms with van der Waals surface area (Å²) < 4.78 is 41.2. The van der Waals surface area contributed by atoms with Crippen LogP contribution in [0.25, 0.3) is 0 Å². The molecule has 25 heavy (non-hydrogen) atoms. The Bertz CT molecular complexity index is 805. The molecule has 1 aromatic heterocycles. The van der Waals surface area contributed by atoms with Crippen molar-refractivity contribution in [2.24, 2.45) is 17.3 Å². The molecular formula is C14H19N5O4S2. The van der Waals surface area contributed by atoms with Crippen LogP contribution in [0, 0.1) is 0 Å². The highest BCUT2D eigenvalue weighted by atomic mass is 32.3. The van der Waals surface area contributed by atoms with E-state index in [4.69, 9.17) is 0 Å². The number of rotatable bonds is 9. The number of benzene rings is 1. The van der Waals surface area contributed by atoms with Crippen LogP contribution in [0.4, 0.5) is 16.5 Å². The van der Waals surface area contributed by atoms with E-state index < -0.39 is 10.4 Å². The van der Waals surface area contributed by atoms with Gasteiger partial charge in [0.25, 0.3) is 0 Å². The van der Waals surface area contributed by atoms with Gasteiger partial charge in [0.05, 0.1) is 13.7 Å². The molecule has 0 bridgehead atoms. The Kier molecular flexibility index (Phi) is 6.93. The van der Waals surface area contributed by atoms with E-state index >= 15 is 0 Å². The summed E-state index contributed by atoms with van der Waals surface area (Å²) in [6.07, 6.45) is 2.10. The first-order chi connectivity index (χ1) is 11.9. The molecule has 1 heterocycles. The van der Waals surface area contributed by atoms with Gasteiger partial charge in [-0.05, 0) is 42.0 Å². The third kappa shape index (κ3) is 6.46. The van der Waals surface area contributed by atoms with Crippen LogP contribution in [0.1, 0.15) is 13.3 Å². The maximum atomic E-state index is 10.4. The number of anilines is 1. The van der Waals surface area contributed by atoms with Crippen molar-refractivity contribution in [3.8, 4) is 0 Å². The molecule has 0 spiro atoms. The molecule has 2 aromatic rings. The highest BCUT2D eigenvalue weighted by Crippen LogP contribution is 2.22. The van der Waals surface area contributed by atoms with E-state index in [0.29, 0.717) is 23.8 Å². The minimum atomic E-state index is -4.62. The van der Waals surface area contributed by atoms with E-state index in [0.717, 1.165) is 12.2 Å².